The standard InChI is InChI=1S/C10H8BNO4/c12-6-8(10(13)14)5-7-3-1-2-4-9(7)11(15)16/h1-5,15-16H,(H,13,14)/b8-5-. The number of carboxylic acid groups (broad SMARTS) is 1. The minimum absolute atomic E-state index is 0.150. The molecule has 0 aromatic heterocycles. The molecule has 0 spiro atoms. The second-order valence-corrected chi connectivity index (χ2v) is 2.98. The Kier molecular flexibility index (Phi) is 3.83. The van der Waals surface area contributed by atoms with Gasteiger partial charge in [-0.15, -0.1) is 0 Å². The number of nitriles is 1. The van der Waals surface area contributed by atoms with Gasteiger partial charge in [-0.1, -0.05) is 24.3 Å². The monoisotopic (exact) mass is 217 g/mol. The fourth-order valence-corrected chi connectivity index (χ4v) is 1.17. The number of nitrogens with zero attached hydrogens (tertiary/aromatic N) is 1. The van der Waals surface area contributed by atoms with Crippen LogP contribution in [0.3, 0.4) is 0 Å². The van der Waals surface area contributed by atoms with E-state index in [0.717, 1.165) is 6.08 Å². The molecule has 80 valence electrons. The normalized spacial score (nSPS) is 10.7. The van der Waals surface area contributed by atoms with Gasteiger partial charge in [-0.3, -0.25) is 0 Å². The highest BCUT2D eigenvalue weighted by atomic mass is 16.4. The number of aliphatic carboxylic acids is 1. The van der Waals surface area contributed by atoms with Crippen molar-refractivity contribution < 1.29 is 19.9 Å². The summed E-state index contributed by atoms with van der Waals surface area (Å²) in [6.45, 7) is 0. The van der Waals surface area contributed by atoms with Gasteiger partial charge < -0.3 is 15.2 Å². The van der Waals surface area contributed by atoms with E-state index in [-0.39, 0.29) is 11.0 Å². The van der Waals surface area contributed by atoms with Crippen LogP contribution in [-0.2, 0) is 4.79 Å². The molecule has 0 amide bonds. The number of carbonyl (C=O) groups is 1. The molecule has 0 radical (unpaired) electrons. The fraction of sp³-hybridized carbons (Fsp3) is 0. The molecular formula is C10H8BNO4. The smallest absolute Gasteiger partial charge is 0.477 e. The Morgan fingerprint density at radius 1 is 1.38 bits per heavy atom. The topological polar surface area (TPSA) is 102 Å². The average molecular weight is 217 g/mol. The van der Waals surface area contributed by atoms with Crippen LogP contribution in [0.5, 0.6) is 0 Å². The molecule has 6 heteroatoms. The third kappa shape index (κ3) is 2.70. The van der Waals surface area contributed by atoms with Gasteiger partial charge in [0.05, 0.1) is 0 Å². The summed E-state index contributed by atoms with van der Waals surface area (Å²) < 4.78 is 0. The minimum atomic E-state index is -1.71. The maximum absolute atomic E-state index is 10.6. The van der Waals surface area contributed by atoms with E-state index in [9.17, 15) is 4.79 Å². The molecule has 0 saturated carbocycles. The summed E-state index contributed by atoms with van der Waals surface area (Å²) in [5, 5.41) is 35.3. The molecule has 0 aliphatic heterocycles. The maximum Gasteiger partial charge on any atom is 0.489 e. The van der Waals surface area contributed by atoms with Gasteiger partial charge in [-0.05, 0) is 17.1 Å². The summed E-state index contributed by atoms with van der Waals surface area (Å²) in [5.74, 6) is -1.36. The van der Waals surface area contributed by atoms with Gasteiger partial charge >= 0.3 is 13.1 Å². The number of hydrogen-bond donors (Lipinski definition) is 3. The van der Waals surface area contributed by atoms with E-state index in [1.807, 2.05) is 0 Å². The van der Waals surface area contributed by atoms with E-state index < -0.39 is 18.7 Å². The first kappa shape index (κ1) is 12.0. The predicted octanol–water partition coefficient (Wildman–Crippen LogP) is -0.642. The van der Waals surface area contributed by atoms with Gasteiger partial charge in [-0.2, -0.15) is 5.26 Å². The Morgan fingerprint density at radius 2 is 2.00 bits per heavy atom. The molecule has 1 aromatic rings. The SMILES string of the molecule is N#C/C(=C/c1ccccc1B(O)O)C(=O)O. The molecule has 0 unspecified atom stereocenters. The average Bonchev–Trinajstić information content (AvgIpc) is 2.25. The third-order valence-corrected chi connectivity index (χ3v) is 1.92. The fourth-order valence-electron chi connectivity index (χ4n) is 1.17. The van der Waals surface area contributed by atoms with Crippen LogP contribution in [0.4, 0.5) is 0 Å². The summed E-state index contributed by atoms with van der Waals surface area (Å²) in [5.41, 5.74) is -0.0268. The van der Waals surface area contributed by atoms with E-state index in [1.54, 1.807) is 12.1 Å². The molecule has 0 aliphatic carbocycles. The quantitative estimate of drug-likeness (QED) is 0.355. The molecule has 16 heavy (non-hydrogen) atoms. The lowest BCUT2D eigenvalue weighted by atomic mass is 9.77. The molecule has 0 atom stereocenters. The predicted molar refractivity (Wildman–Crippen MR) is 57.5 cm³/mol. The summed E-state index contributed by atoms with van der Waals surface area (Å²) in [6.07, 6.45) is 1.09. The highest BCUT2D eigenvalue weighted by Crippen LogP contribution is 2.05. The third-order valence-electron chi connectivity index (χ3n) is 1.92. The van der Waals surface area contributed by atoms with Crippen LogP contribution < -0.4 is 5.46 Å². The molecule has 5 nitrogen and oxygen atoms in total. The van der Waals surface area contributed by atoms with Gasteiger partial charge in [0, 0.05) is 0 Å². The van der Waals surface area contributed by atoms with Gasteiger partial charge in [0.15, 0.2) is 0 Å². The lowest BCUT2D eigenvalue weighted by molar-refractivity contribution is -0.132. The second-order valence-electron chi connectivity index (χ2n) is 2.98. The highest BCUT2D eigenvalue weighted by molar-refractivity contribution is 6.59. The van der Waals surface area contributed by atoms with Crippen molar-refractivity contribution in [3.63, 3.8) is 0 Å². The molecule has 0 aliphatic rings. The summed E-state index contributed by atoms with van der Waals surface area (Å²) in [6, 6.07) is 7.64. The Bertz CT molecular complexity index is 476. The van der Waals surface area contributed by atoms with E-state index in [4.69, 9.17) is 20.4 Å². The summed E-state index contributed by atoms with van der Waals surface area (Å²) in [7, 11) is -1.71. The van der Waals surface area contributed by atoms with Crippen LogP contribution in [0, 0.1) is 11.3 Å². The van der Waals surface area contributed by atoms with Crippen molar-refractivity contribution in [1.82, 2.24) is 0 Å². The molecule has 0 saturated heterocycles. The Hall–Kier alpha value is -2.10. The van der Waals surface area contributed by atoms with Crippen LogP contribution in [-0.4, -0.2) is 28.2 Å². The molecule has 0 bridgehead atoms. The zero-order valence-corrected chi connectivity index (χ0v) is 8.16. The highest BCUT2D eigenvalue weighted by Gasteiger charge is 2.15. The van der Waals surface area contributed by atoms with Crippen LogP contribution in [0.2, 0.25) is 0 Å². The molecule has 3 N–H and O–H groups in total. The number of hydrogen-bond acceptors (Lipinski definition) is 4. The summed E-state index contributed by atoms with van der Waals surface area (Å²) >= 11 is 0. The summed E-state index contributed by atoms with van der Waals surface area (Å²) in [4.78, 5) is 10.6. The first-order chi connectivity index (χ1) is 7.56. The molecule has 0 fully saturated rings. The van der Waals surface area contributed by atoms with Crippen LogP contribution in [0.1, 0.15) is 5.56 Å². The molecule has 1 rings (SSSR count). The minimum Gasteiger partial charge on any atom is -0.477 e. The number of rotatable bonds is 3. The van der Waals surface area contributed by atoms with Gasteiger partial charge in [-0.25, -0.2) is 4.79 Å². The molecular weight excluding hydrogens is 209 g/mol. The Morgan fingerprint density at radius 3 is 2.50 bits per heavy atom. The van der Waals surface area contributed by atoms with Gasteiger partial charge in [0.2, 0.25) is 0 Å². The van der Waals surface area contributed by atoms with Crippen molar-refractivity contribution in [1.29, 1.82) is 5.26 Å². The molecule has 1 aromatic carbocycles. The van der Waals surface area contributed by atoms with Crippen molar-refractivity contribution >= 4 is 24.6 Å². The maximum atomic E-state index is 10.6. The van der Waals surface area contributed by atoms with E-state index in [2.05, 4.69) is 0 Å². The zero-order chi connectivity index (χ0) is 12.1. The van der Waals surface area contributed by atoms with E-state index in [0.29, 0.717) is 0 Å². The lowest BCUT2D eigenvalue weighted by Crippen LogP contribution is -2.31. The second kappa shape index (κ2) is 5.12. The van der Waals surface area contributed by atoms with Crippen molar-refractivity contribution in [3.8, 4) is 6.07 Å². The lowest BCUT2D eigenvalue weighted by Gasteiger charge is -2.03. The van der Waals surface area contributed by atoms with Gasteiger partial charge in [0.25, 0.3) is 0 Å². The number of carboxylic acids is 1. The van der Waals surface area contributed by atoms with Gasteiger partial charge in [0.1, 0.15) is 11.6 Å². The van der Waals surface area contributed by atoms with E-state index >= 15 is 0 Å². The van der Waals surface area contributed by atoms with E-state index in [1.165, 1.54) is 18.2 Å². The van der Waals surface area contributed by atoms with Crippen molar-refractivity contribution in [2.45, 2.75) is 0 Å². The van der Waals surface area contributed by atoms with Crippen molar-refractivity contribution in [3.05, 3.63) is 35.4 Å². The zero-order valence-electron chi connectivity index (χ0n) is 8.16. The van der Waals surface area contributed by atoms with Crippen molar-refractivity contribution in [2.24, 2.45) is 0 Å². The largest absolute Gasteiger partial charge is 0.489 e. The Labute approximate surface area is 92.0 Å². The first-order valence-corrected chi connectivity index (χ1v) is 4.36. The van der Waals surface area contributed by atoms with Crippen LogP contribution in [0.15, 0.2) is 29.8 Å². The van der Waals surface area contributed by atoms with Crippen LogP contribution >= 0.6 is 0 Å². The van der Waals surface area contributed by atoms with Crippen molar-refractivity contribution in [2.75, 3.05) is 0 Å². The Balaban J connectivity index is 3.24. The van der Waals surface area contributed by atoms with Crippen LogP contribution in [0.25, 0.3) is 6.08 Å². The first-order valence-electron chi connectivity index (χ1n) is 4.36. The number of benzene rings is 1. The molecule has 0 heterocycles.